The number of nitrogen functional groups attached to an aromatic ring is 1. The predicted octanol–water partition coefficient (Wildman–Crippen LogP) is 3.08. The number of fused-ring (bicyclic) bond motifs is 2. The molecule has 0 fully saturated rings. The largest absolute Gasteiger partial charge is 0.454 e. The normalized spacial score (nSPS) is 11.4. The summed E-state index contributed by atoms with van der Waals surface area (Å²) in [4.78, 5) is 21.5. The van der Waals surface area contributed by atoms with Crippen molar-refractivity contribution in [1.82, 2.24) is 19.6 Å². The highest BCUT2D eigenvalue weighted by molar-refractivity contribution is 5.86. The summed E-state index contributed by atoms with van der Waals surface area (Å²) < 4.78 is 7.15. The van der Waals surface area contributed by atoms with E-state index in [0.29, 0.717) is 34.2 Å². The lowest BCUT2D eigenvalue weighted by Gasteiger charge is -2.00. The van der Waals surface area contributed by atoms with Gasteiger partial charge in [0.05, 0.1) is 11.3 Å². The summed E-state index contributed by atoms with van der Waals surface area (Å²) in [5.74, 6) is 0.854. The third-order valence-corrected chi connectivity index (χ3v) is 4.24. The van der Waals surface area contributed by atoms with Gasteiger partial charge in [-0.05, 0) is 24.3 Å². The Hall–Kier alpha value is -3.87. The lowest BCUT2D eigenvalue weighted by Crippen LogP contribution is -2.14. The van der Waals surface area contributed by atoms with Crippen molar-refractivity contribution in [3.05, 3.63) is 71.1 Å². The molecule has 5 rings (SSSR count). The van der Waals surface area contributed by atoms with Gasteiger partial charge in [0.25, 0.3) is 5.56 Å². The van der Waals surface area contributed by atoms with E-state index in [4.69, 9.17) is 10.2 Å². The first-order valence-electron chi connectivity index (χ1n) is 8.02. The van der Waals surface area contributed by atoms with Crippen molar-refractivity contribution in [1.29, 1.82) is 0 Å². The topological polar surface area (TPSA) is 102 Å². The second-order valence-corrected chi connectivity index (χ2v) is 5.90. The molecule has 0 aliphatic carbocycles. The number of hydrogen-bond acceptors (Lipinski definition) is 5. The average molecular weight is 343 g/mol. The third-order valence-electron chi connectivity index (χ3n) is 4.24. The van der Waals surface area contributed by atoms with Crippen molar-refractivity contribution in [2.45, 2.75) is 0 Å². The van der Waals surface area contributed by atoms with E-state index in [1.54, 1.807) is 6.20 Å². The van der Waals surface area contributed by atoms with E-state index in [9.17, 15) is 4.79 Å². The summed E-state index contributed by atoms with van der Waals surface area (Å²) in [6.45, 7) is 0. The molecule has 0 saturated heterocycles. The Balaban J connectivity index is 1.79. The third kappa shape index (κ3) is 2.11. The zero-order valence-electron chi connectivity index (χ0n) is 13.5. The molecule has 0 aliphatic heterocycles. The van der Waals surface area contributed by atoms with Crippen LogP contribution in [0.2, 0.25) is 0 Å². The van der Waals surface area contributed by atoms with Crippen LogP contribution in [0.4, 0.5) is 5.82 Å². The molecule has 4 heterocycles. The number of nitrogens with zero attached hydrogens (tertiary/aromatic N) is 3. The monoisotopic (exact) mass is 343 g/mol. The molecule has 26 heavy (non-hydrogen) atoms. The molecule has 0 radical (unpaired) electrons. The molecule has 0 spiro atoms. The van der Waals surface area contributed by atoms with Gasteiger partial charge in [-0.15, -0.1) is 0 Å². The molecular weight excluding hydrogens is 330 g/mol. The second-order valence-electron chi connectivity index (χ2n) is 5.90. The van der Waals surface area contributed by atoms with E-state index in [0.717, 1.165) is 11.0 Å². The summed E-state index contributed by atoms with van der Waals surface area (Å²) in [5.41, 5.74) is 8.62. The van der Waals surface area contributed by atoms with E-state index in [1.807, 2.05) is 48.5 Å². The zero-order chi connectivity index (χ0) is 17.7. The lowest BCUT2D eigenvalue weighted by molar-refractivity contribution is 0.628. The van der Waals surface area contributed by atoms with Crippen LogP contribution in [0.25, 0.3) is 39.3 Å². The minimum absolute atomic E-state index is 0.278. The van der Waals surface area contributed by atoms with Crippen molar-refractivity contribution in [3.63, 3.8) is 0 Å². The first-order valence-corrected chi connectivity index (χ1v) is 8.02. The molecule has 5 aromatic rings. The molecule has 3 N–H and O–H groups in total. The Bertz CT molecular complexity index is 1280. The number of aromatic nitrogens is 4. The smallest absolute Gasteiger partial charge is 0.273 e. The van der Waals surface area contributed by atoms with E-state index >= 15 is 0 Å². The fourth-order valence-corrected chi connectivity index (χ4v) is 3.05. The highest BCUT2D eigenvalue weighted by Crippen LogP contribution is 2.30. The van der Waals surface area contributed by atoms with Gasteiger partial charge in [-0.3, -0.25) is 14.9 Å². The maximum atomic E-state index is 12.6. The van der Waals surface area contributed by atoms with Crippen LogP contribution in [0.5, 0.6) is 0 Å². The Labute approximate surface area is 146 Å². The number of hydrogen-bond donors (Lipinski definition) is 2. The number of nitrogens with one attached hydrogen (secondary N) is 1. The van der Waals surface area contributed by atoms with Crippen LogP contribution in [0.1, 0.15) is 0 Å². The highest BCUT2D eigenvalue weighted by Gasteiger charge is 2.18. The molecule has 1 aromatic carbocycles. The number of benzene rings is 1. The van der Waals surface area contributed by atoms with Gasteiger partial charge in [-0.2, -0.15) is 4.52 Å². The van der Waals surface area contributed by atoms with Crippen LogP contribution in [-0.2, 0) is 0 Å². The van der Waals surface area contributed by atoms with Gasteiger partial charge in [0.2, 0.25) is 0 Å². The Morgan fingerprint density at radius 3 is 2.69 bits per heavy atom. The molecule has 126 valence electrons. The van der Waals surface area contributed by atoms with E-state index in [2.05, 4.69) is 15.1 Å². The van der Waals surface area contributed by atoms with Crippen LogP contribution < -0.4 is 11.3 Å². The van der Waals surface area contributed by atoms with Gasteiger partial charge in [0.15, 0.2) is 11.4 Å². The van der Waals surface area contributed by atoms with Gasteiger partial charge in [-0.25, -0.2) is 4.98 Å². The number of para-hydroxylation sites is 1. The lowest BCUT2D eigenvalue weighted by atomic mass is 10.2. The van der Waals surface area contributed by atoms with Gasteiger partial charge in [0, 0.05) is 17.6 Å². The number of pyridine rings is 1. The quantitative estimate of drug-likeness (QED) is 0.513. The molecule has 0 unspecified atom stereocenters. The number of furan rings is 1. The minimum atomic E-state index is -0.278. The maximum absolute atomic E-state index is 12.6. The number of rotatable bonds is 2. The van der Waals surface area contributed by atoms with Gasteiger partial charge < -0.3 is 10.2 Å². The fourth-order valence-electron chi connectivity index (χ4n) is 3.05. The molecule has 4 aromatic heterocycles. The van der Waals surface area contributed by atoms with Crippen LogP contribution in [-0.4, -0.2) is 19.6 Å². The number of anilines is 1. The first-order chi connectivity index (χ1) is 12.7. The number of H-pyrrole nitrogens is 1. The number of nitrogens with two attached hydrogens (primary N) is 1. The van der Waals surface area contributed by atoms with Crippen molar-refractivity contribution >= 4 is 22.4 Å². The van der Waals surface area contributed by atoms with E-state index in [-0.39, 0.29) is 5.56 Å². The molecular formula is C19H13N5O2. The summed E-state index contributed by atoms with van der Waals surface area (Å²) in [5, 5.41) is 3.80. The van der Waals surface area contributed by atoms with Gasteiger partial charge >= 0.3 is 0 Å². The molecule has 0 saturated carbocycles. The minimum Gasteiger partial charge on any atom is -0.454 e. The van der Waals surface area contributed by atoms with Crippen molar-refractivity contribution in [3.8, 4) is 22.7 Å². The Kier molecular flexibility index (Phi) is 2.96. The van der Waals surface area contributed by atoms with Crippen LogP contribution >= 0.6 is 0 Å². The van der Waals surface area contributed by atoms with E-state index in [1.165, 1.54) is 10.6 Å². The highest BCUT2D eigenvalue weighted by atomic mass is 16.3. The standard InChI is InChI=1S/C19H13N5O2/c20-18-17(12-6-3-4-8-21-12)19-22-13(10-16(25)24(19)23-18)15-9-11-5-1-2-7-14(11)26-15/h1-10,23H,20H2. The second kappa shape index (κ2) is 5.32. The number of aromatic amines is 1. The SMILES string of the molecule is Nc1[nH]n2c(=O)cc(-c3cc4ccccc4o3)nc2c1-c1ccccn1. The molecule has 7 heteroatoms. The molecule has 0 bridgehead atoms. The Morgan fingerprint density at radius 2 is 1.88 bits per heavy atom. The van der Waals surface area contributed by atoms with Crippen molar-refractivity contribution in [2.24, 2.45) is 0 Å². The van der Waals surface area contributed by atoms with Crippen molar-refractivity contribution < 1.29 is 4.42 Å². The van der Waals surface area contributed by atoms with Crippen molar-refractivity contribution in [2.75, 3.05) is 5.73 Å². The van der Waals surface area contributed by atoms with Crippen LogP contribution in [0.3, 0.4) is 0 Å². The average Bonchev–Trinajstić information content (AvgIpc) is 3.23. The van der Waals surface area contributed by atoms with Crippen LogP contribution in [0.15, 0.2) is 70.0 Å². The zero-order valence-corrected chi connectivity index (χ0v) is 13.5. The molecule has 0 aliphatic rings. The molecule has 0 amide bonds. The van der Waals surface area contributed by atoms with Gasteiger partial charge in [0.1, 0.15) is 17.1 Å². The summed E-state index contributed by atoms with van der Waals surface area (Å²) >= 11 is 0. The first kappa shape index (κ1) is 14.5. The molecule has 0 atom stereocenters. The maximum Gasteiger partial charge on any atom is 0.273 e. The molecule has 7 nitrogen and oxygen atoms in total. The summed E-state index contributed by atoms with van der Waals surface area (Å²) in [6.07, 6.45) is 1.67. The summed E-state index contributed by atoms with van der Waals surface area (Å²) in [6, 6.07) is 16.4. The van der Waals surface area contributed by atoms with E-state index < -0.39 is 0 Å². The Morgan fingerprint density at radius 1 is 1.04 bits per heavy atom. The summed E-state index contributed by atoms with van der Waals surface area (Å²) in [7, 11) is 0. The fraction of sp³-hybridized carbons (Fsp3) is 0. The van der Waals surface area contributed by atoms with Crippen LogP contribution in [0, 0.1) is 0 Å². The predicted molar refractivity (Wildman–Crippen MR) is 98.7 cm³/mol. The van der Waals surface area contributed by atoms with Gasteiger partial charge in [-0.1, -0.05) is 24.3 Å².